The number of nitro benzene ring substituents is 1. The number of non-ortho nitro benzene ring substituents is 1. The van der Waals surface area contributed by atoms with Crippen LogP contribution in [0.1, 0.15) is 23.2 Å². The zero-order valence-electron chi connectivity index (χ0n) is 12.2. The summed E-state index contributed by atoms with van der Waals surface area (Å²) in [6.45, 7) is 3.23. The summed E-state index contributed by atoms with van der Waals surface area (Å²) >= 11 is 0. The van der Waals surface area contributed by atoms with Gasteiger partial charge in [-0.2, -0.15) is 0 Å². The van der Waals surface area contributed by atoms with Crippen LogP contribution in [0.15, 0.2) is 24.3 Å². The largest absolute Gasteiger partial charge is 0.319 e. The number of hydrogen-bond acceptors (Lipinski definition) is 5. The first-order valence-electron chi connectivity index (χ1n) is 7.24. The van der Waals surface area contributed by atoms with Crippen molar-refractivity contribution in [2.24, 2.45) is 5.92 Å². The molecule has 0 aromatic heterocycles. The predicted molar refractivity (Wildman–Crippen MR) is 80.5 cm³/mol. The molecule has 1 aliphatic heterocycles. The summed E-state index contributed by atoms with van der Waals surface area (Å²) in [5.74, 6) is 0.614. The first-order valence-corrected chi connectivity index (χ1v) is 7.24. The number of piperidine rings is 1. The first kappa shape index (κ1) is 15.6. The van der Waals surface area contributed by atoms with E-state index < -0.39 is 4.92 Å². The molecule has 21 heavy (non-hydrogen) atoms. The highest BCUT2D eigenvalue weighted by Crippen LogP contribution is 2.17. The average Bonchev–Trinajstić information content (AvgIpc) is 2.48. The zero-order chi connectivity index (χ0) is 15.2. The predicted octanol–water partition coefficient (Wildman–Crippen LogP) is 1.71. The van der Waals surface area contributed by atoms with E-state index in [2.05, 4.69) is 10.2 Å². The van der Waals surface area contributed by atoms with Gasteiger partial charge in [-0.1, -0.05) is 0 Å². The normalized spacial score (nSPS) is 19.4. The van der Waals surface area contributed by atoms with Crippen molar-refractivity contribution < 1.29 is 9.72 Å². The third-order valence-corrected chi connectivity index (χ3v) is 3.86. The van der Waals surface area contributed by atoms with Crippen molar-refractivity contribution in [1.29, 1.82) is 0 Å². The second-order valence-corrected chi connectivity index (χ2v) is 5.53. The fourth-order valence-corrected chi connectivity index (χ4v) is 2.81. The van der Waals surface area contributed by atoms with Gasteiger partial charge in [0.1, 0.15) is 0 Å². The van der Waals surface area contributed by atoms with E-state index in [0.717, 1.165) is 26.1 Å². The van der Waals surface area contributed by atoms with Gasteiger partial charge in [-0.3, -0.25) is 19.8 Å². The van der Waals surface area contributed by atoms with Crippen molar-refractivity contribution in [2.75, 3.05) is 33.2 Å². The van der Waals surface area contributed by atoms with Crippen LogP contribution < -0.4 is 5.32 Å². The van der Waals surface area contributed by atoms with Gasteiger partial charge in [-0.25, -0.2) is 0 Å². The molecule has 1 saturated heterocycles. The highest BCUT2D eigenvalue weighted by molar-refractivity contribution is 5.97. The number of carbonyl (C=O) groups excluding carboxylic acids is 1. The van der Waals surface area contributed by atoms with Gasteiger partial charge in [-0.05, 0) is 51.0 Å². The molecule has 1 unspecified atom stereocenters. The van der Waals surface area contributed by atoms with Crippen molar-refractivity contribution in [1.82, 2.24) is 10.2 Å². The van der Waals surface area contributed by atoms with E-state index in [-0.39, 0.29) is 11.5 Å². The summed E-state index contributed by atoms with van der Waals surface area (Å²) in [6, 6.07) is 5.84. The second-order valence-electron chi connectivity index (χ2n) is 5.53. The number of ketones is 1. The van der Waals surface area contributed by atoms with Gasteiger partial charge in [0.25, 0.3) is 5.69 Å². The molecule has 1 fully saturated rings. The maximum absolute atomic E-state index is 12.2. The summed E-state index contributed by atoms with van der Waals surface area (Å²) in [5.41, 5.74) is 0.551. The number of carbonyl (C=O) groups is 1. The minimum atomic E-state index is -0.457. The Kier molecular flexibility index (Phi) is 5.41. The molecule has 1 aromatic carbocycles. The van der Waals surface area contributed by atoms with Gasteiger partial charge in [-0.15, -0.1) is 0 Å². The molecule has 1 atom stereocenters. The van der Waals surface area contributed by atoms with Gasteiger partial charge in [0, 0.05) is 24.2 Å². The highest BCUT2D eigenvalue weighted by atomic mass is 16.6. The van der Waals surface area contributed by atoms with E-state index in [1.807, 2.05) is 7.05 Å². The van der Waals surface area contributed by atoms with Crippen LogP contribution in [0.25, 0.3) is 0 Å². The van der Waals surface area contributed by atoms with Crippen molar-refractivity contribution in [3.05, 3.63) is 39.9 Å². The van der Waals surface area contributed by atoms with Crippen LogP contribution >= 0.6 is 0 Å². The first-order chi connectivity index (χ1) is 10.1. The van der Waals surface area contributed by atoms with Gasteiger partial charge >= 0.3 is 0 Å². The van der Waals surface area contributed by atoms with Gasteiger partial charge in [0.15, 0.2) is 5.78 Å². The Labute approximate surface area is 124 Å². The van der Waals surface area contributed by atoms with E-state index in [1.54, 1.807) is 0 Å². The lowest BCUT2D eigenvalue weighted by molar-refractivity contribution is -0.384. The lowest BCUT2D eigenvalue weighted by Crippen LogP contribution is -2.41. The number of rotatable bonds is 6. The summed E-state index contributed by atoms with van der Waals surface area (Å²) in [5, 5.41) is 13.8. The molecular weight excluding hydrogens is 270 g/mol. The Hall–Kier alpha value is -1.79. The summed E-state index contributed by atoms with van der Waals surface area (Å²) in [6.07, 6.45) is 2.31. The number of hydrogen-bond donors (Lipinski definition) is 1. The number of nitrogens with zero attached hydrogens (tertiary/aromatic N) is 2. The van der Waals surface area contributed by atoms with Crippen molar-refractivity contribution >= 4 is 11.5 Å². The minimum absolute atomic E-state index is 0.0126. The quantitative estimate of drug-likeness (QED) is 0.490. The van der Waals surface area contributed by atoms with Crippen LogP contribution in [0.2, 0.25) is 0 Å². The molecule has 0 bridgehead atoms. The maximum Gasteiger partial charge on any atom is 0.269 e. The van der Waals surface area contributed by atoms with E-state index in [0.29, 0.717) is 18.0 Å². The number of likely N-dealkylation sites (tertiary alicyclic amines) is 1. The summed E-state index contributed by atoms with van der Waals surface area (Å²) < 4.78 is 0. The molecule has 0 radical (unpaired) electrons. The van der Waals surface area contributed by atoms with E-state index in [9.17, 15) is 14.9 Å². The third-order valence-electron chi connectivity index (χ3n) is 3.86. The second kappa shape index (κ2) is 7.28. The summed E-state index contributed by atoms with van der Waals surface area (Å²) in [7, 11) is 1.95. The van der Waals surface area contributed by atoms with E-state index in [4.69, 9.17) is 0 Å². The molecule has 1 N–H and O–H groups in total. The van der Waals surface area contributed by atoms with Crippen LogP contribution in [0.5, 0.6) is 0 Å². The lowest BCUT2D eigenvalue weighted by atomic mass is 9.97. The topological polar surface area (TPSA) is 75.5 Å². The SMILES string of the molecule is CNCC1CCCN(CC(=O)c2ccc([N+](=O)[O-])cc2)C1. The minimum Gasteiger partial charge on any atom is -0.319 e. The van der Waals surface area contributed by atoms with Crippen molar-refractivity contribution in [2.45, 2.75) is 12.8 Å². The Morgan fingerprint density at radius 2 is 2.14 bits per heavy atom. The van der Waals surface area contributed by atoms with Gasteiger partial charge in [0.05, 0.1) is 11.5 Å². The van der Waals surface area contributed by atoms with Crippen LogP contribution in [-0.4, -0.2) is 48.8 Å². The smallest absolute Gasteiger partial charge is 0.269 e. The molecule has 0 amide bonds. The maximum atomic E-state index is 12.2. The molecular formula is C15H21N3O3. The molecule has 1 aromatic rings. The number of Topliss-reactive ketones (excluding diaryl/α,β-unsaturated/α-hetero) is 1. The lowest BCUT2D eigenvalue weighted by Gasteiger charge is -2.32. The van der Waals surface area contributed by atoms with Crippen molar-refractivity contribution in [3.63, 3.8) is 0 Å². The zero-order valence-corrected chi connectivity index (χ0v) is 12.2. The fraction of sp³-hybridized carbons (Fsp3) is 0.533. The Bertz CT molecular complexity index is 499. The molecule has 1 heterocycles. The molecule has 1 aliphatic rings. The standard InChI is InChI=1S/C15H21N3O3/c1-16-9-12-3-2-8-17(10-12)11-15(19)13-4-6-14(7-5-13)18(20)21/h4-7,12,16H,2-3,8-11H2,1H3. The Balaban J connectivity index is 1.92. The van der Waals surface area contributed by atoms with Crippen LogP contribution in [0.3, 0.4) is 0 Å². The summed E-state index contributed by atoms with van der Waals surface area (Å²) in [4.78, 5) is 24.6. The third kappa shape index (κ3) is 4.34. The Morgan fingerprint density at radius 1 is 1.43 bits per heavy atom. The van der Waals surface area contributed by atoms with Crippen LogP contribution in [0, 0.1) is 16.0 Å². The average molecular weight is 291 g/mol. The molecule has 0 spiro atoms. The molecule has 0 saturated carbocycles. The van der Waals surface area contributed by atoms with Gasteiger partial charge in [0.2, 0.25) is 0 Å². The number of benzene rings is 1. The van der Waals surface area contributed by atoms with E-state index in [1.165, 1.54) is 30.7 Å². The number of nitro groups is 1. The molecule has 6 heteroatoms. The molecule has 2 rings (SSSR count). The van der Waals surface area contributed by atoms with Crippen LogP contribution in [-0.2, 0) is 0 Å². The van der Waals surface area contributed by atoms with Gasteiger partial charge < -0.3 is 5.32 Å². The number of nitrogens with one attached hydrogen (secondary N) is 1. The van der Waals surface area contributed by atoms with Crippen LogP contribution in [0.4, 0.5) is 5.69 Å². The Morgan fingerprint density at radius 3 is 2.76 bits per heavy atom. The fourth-order valence-electron chi connectivity index (χ4n) is 2.81. The van der Waals surface area contributed by atoms with Crippen molar-refractivity contribution in [3.8, 4) is 0 Å². The molecule has 6 nitrogen and oxygen atoms in total. The monoisotopic (exact) mass is 291 g/mol. The highest BCUT2D eigenvalue weighted by Gasteiger charge is 2.21. The molecule has 0 aliphatic carbocycles. The molecule has 114 valence electrons. The van der Waals surface area contributed by atoms with E-state index >= 15 is 0 Å².